The van der Waals surface area contributed by atoms with E-state index in [4.69, 9.17) is 4.98 Å². The van der Waals surface area contributed by atoms with Crippen molar-refractivity contribution in [2.45, 2.75) is 58.8 Å². The summed E-state index contributed by atoms with van der Waals surface area (Å²) in [5.41, 5.74) is 5.38. The average molecular weight is 523 g/mol. The van der Waals surface area contributed by atoms with Crippen LogP contribution in [-0.4, -0.2) is 10.8 Å². The monoisotopic (exact) mass is 523 g/mol. The van der Waals surface area contributed by atoms with E-state index in [9.17, 15) is 4.79 Å². The first kappa shape index (κ1) is 20.1. The lowest BCUT2D eigenvalue weighted by atomic mass is 9.48. The van der Waals surface area contributed by atoms with Gasteiger partial charge in [-0.2, -0.15) is 0 Å². The molecule has 0 radical (unpaired) electrons. The smallest absolute Gasteiger partial charge is 0.139 e. The van der Waals surface area contributed by atoms with Gasteiger partial charge in [-0.05, 0) is 108 Å². The highest BCUT2D eigenvalue weighted by Crippen LogP contribution is 2.63. The molecule has 0 spiro atoms. The van der Waals surface area contributed by atoms with Gasteiger partial charge in [-0.1, -0.05) is 44.2 Å². The second-order valence-electron chi connectivity index (χ2n) is 10.8. The Morgan fingerprint density at radius 3 is 2.71 bits per heavy atom. The van der Waals surface area contributed by atoms with Crippen molar-refractivity contribution in [2.24, 2.45) is 28.6 Å². The molecule has 1 aromatic carbocycles. The number of allylic oxidation sites excluding steroid dienone is 4. The Morgan fingerprint density at radius 2 is 1.84 bits per heavy atom. The molecule has 0 saturated heterocycles. The molecule has 5 atom stereocenters. The molecule has 2 nitrogen and oxygen atoms in total. The number of hydrogen-bond donors (Lipinski definition) is 0. The van der Waals surface area contributed by atoms with Gasteiger partial charge in [0.2, 0.25) is 0 Å². The largest absolute Gasteiger partial charge is 0.299 e. The van der Waals surface area contributed by atoms with Crippen molar-refractivity contribution >= 4 is 44.9 Å². The van der Waals surface area contributed by atoms with Crippen molar-refractivity contribution in [1.29, 1.82) is 0 Å². The van der Waals surface area contributed by atoms with E-state index in [1.54, 1.807) is 0 Å². The van der Waals surface area contributed by atoms with Crippen LogP contribution in [0, 0.1) is 32.2 Å². The molecule has 0 N–H and O–H groups in total. The first-order valence-electron chi connectivity index (χ1n) is 11.9. The van der Waals surface area contributed by atoms with E-state index in [1.807, 2.05) is 0 Å². The van der Waals surface area contributed by atoms with Gasteiger partial charge in [-0.25, -0.2) is 4.98 Å². The standard InChI is InChI=1S/C28H30INO/c1-27-13-11-17(25-16-23(29)20-5-3-4-6-24(20)30-25)15-18(27)7-8-19-21-9-10-26(31)28(21,2)14-12-22(19)27/h3-7,15-16,19,21-22H,8-14H2,1-2H3/t19-,21-,22-,27-,28-/m0/s1. The average Bonchev–Trinajstić information content (AvgIpc) is 3.08. The van der Waals surface area contributed by atoms with Gasteiger partial charge in [-0.3, -0.25) is 4.79 Å². The minimum atomic E-state index is -0.0375. The van der Waals surface area contributed by atoms with Crippen LogP contribution in [0.2, 0.25) is 0 Å². The van der Waals surface area contributed by atoms with Gasteiger partial charge in [0.05, 0.1) is 11.2 Å². The molecule has 0 unspecified atom stereocenters. The fourth-order valence-electron chi connectivity index (χ4n) is 7.60. The molecule has 0 amide bonds. The molecule has 160 valence electrons. The molecule has 1 aromatic heterocycles. The molecule has 2 aromatic rings. The van der Waals surface area contributed by atoms with Crippen LogP contribution in [0.4, 0.5) is 0 Å². The summed E-state index contributed by atoms with van der Waals surface area (Å²) < 4.78 is 1.28. The molecular formula is C28H30INO. The Kier molecular flexibility index (Phi) is 4.55. The van der Waals surface area contributed by atoms with Crippen LogP contribution >= 0.6 is 22.6 Å². The second kappa shape index (κ2) is 7.00. The third-order valence-corrected chi connectivity index (χ3v) is 10.4. The van der Waals surface area contributed by atoms with Gasteiger partial charge >= 0.3 is 0 Å². The summed E-state index contributed by atoms with van der Waals surface area (Å²) in [6.07, 6.45) is 12.7. The number of Topliss-reactive ketones (excluding diaryl/α,β-unsaturated/α-hetero) is 1. The van der Waals surface area contributed by atoms with E-state index < -0.39 is 0 Å². The number of aromatic nitrogens is 1. The first-order valence-corrected chi connectivity index (χ1v) is 13.0. The van der Waals surface area contributed by atoms with E-state index in [-0.39, 0.29) is 10.8 Å². The summed E-state index contributed by atoms with van der Waals surface area (Å²) in [6.45, 7) is 4.79. The van der Waals surface area contributed by atoms with Crippen LogP contribution in [0.25, 0.3) is 16.5 Å². The zero-order valence-corrected chi connectivity index (χ0v) is 20.6. The normalized spacial score (nSPS) is 37.0. The zero-order valence-electron chi connectivity index (χ0n) is 18.5. The SMILES string of the molecule is C[C@]12CCC(c3cc(I)c4ccccc4n3)=CC1=CC[C@@H]1[C@@H]2CC[C@]2(C)C(=O)CC[C@@H]12. The number of nitrogens with zero attached hydrogens (tertiary/aromatic N) is 1. The maximum Gasteiger partial charge on any atom is 0.139 e. The van der Waals surface area contributed by atoms with Crippen LogP contribution in [-0.2, 0) is 4.79 Å². The van der Waals surface area contributed by atoms with Crippen molar-refractivity contribution in [2.75, 3.05) is 0 Å². The predicted octanol–water partition coefficient (Wildman–Crippen LogP) is 7.36. The van der Waals surface area contributed by atoms with Crippen LogP contribution in [0.5, 0.6) is 0 Å². The van der Waals surface area contributed by atoms with Crippen LogP contribution < -0.4 is 0 Å². The van der Waals surface area contributed by atoms with E-state index in [0.717, 1.165) is 49.2 Å². The Hall–Kier alpha value is -1.49. The van der Waals surface area contributed by atoms with Crippen LogP contribution in [0.15, 0.2) is 48.1 Å². The van der Waals surface area contributed by atoms with Crippen LogP contribution in [0.1, 0.15) is 64.5 Å². The first-order chi connectivity index (χ1) is 14.9. The molecule has 4 aliphatic rings. The maximum atomic E-state index is 12.7. The van der Waals surface area contributed by atoms with Gasteiger partial charge in [0.25, 0.3) is 0 Å². The van der Waals surface area contributed by atoms with Gasteiger partial charge in [0, 0.05) is 20.8 Å². The molecule has 6 rings (SSSR count). The molecule has 0 bridgehead atoms. The maximum absolute atomic E-state index is 12.7. The van der Waals surface area contributed by atoms with Crippen molar-refractivity contribution in [1.82, 2.24) is 4.98 Å². The summed E-state index contributed by atoms with van der Waals surface area (Å²) >= 11 is 2.45. The summed E-state index contributed by atoms with van der Waals surface area (Å²) in [7, 11) is 0. The lowest BCUT2D eigenvalue weighted by Crippen LogP contribution is -2.49. The highest BCUT2D eigenvalue weighted by Gasteiger charge is 2.58. The lowest BCUT2D eigenvalue weighted by Gasteiger charge is -2.55. The quantitative estimate of drug-likeness (QED) is 0.366. The van der Waals surface area contributed by atoms with E-state index in [0.29, 0.717) is 17.6 Å². The Bertz CT molecular complexity index is 1160. The minimum Gasteiger partial charge on any atom is -0.299 e. The number of fused-ring (bicyclic) bond motifs is 6. The number of ketones is 1. The number of carbonyl (C=O) groups is 1. The molecule has 3 heteroatoms. The highest BCUT2D eigenvalue weighted by atomic mass is 127. The molecular weight excluding hydrogens is 493 g/mol. The molecule has 4 aliphatic carbocycles. The topological polar surface area (TPSA) is 30.0 Å². The minimum absolute atomic E-state index is 0.0375. The van der Waals surface area contributed by atoms with Gasteiger partial charge in [0.15, 0.2) is 0 Å². The number of halogens is 1. The molecule has 1 heterocycles. The third-order valence-electron chi connectivity index (χ3n) is 9.47. The van der Waals surface area contributed by atoms with Crippen molar-refractivity contribution in [3.63, 3.8) is 0 Å². The molecule has 31 heavy (non-hydrogen) atoms. The molecule has 0 aliphatic heterocycles. The Balaban J connectivity index is 1.37. The number of hydrogen-bond acceptors (Lipinski definition) is 2. The molecule has 2 fully saturated rings. The third kappa shape index (κ3) is 2.87. The van der Waals surface area contributed by atoms with Crippen molar-refractivity contribution in [3.05, 3.63) is 57.3 Å². The predicted molar refractivity (Wildman–Crippen MR) is 135 cm³/mol. The van der Waals surface area contributed by atoms with Gasteiger partial charge in [-0.15, -0.1) is 0 Å². The number of para-hydroxylation sites is 1. The van der Waals surface area contributed by atoms with Crippen LogP contribution in [0.3, 0.4) is 0 Å². The summed E-state index contributed by atoms with van der Waals surface area (Å²) in [4.78, 5) is 17.7. The second-order valence-corrected chi connectivity index (χ2v) is 11.9. The number of carbonyl (C=O) groups excluding carboxylic acids is 1. The highest BCUT2D eigenvalue weighted by molar-refractivity contribution is 14.1. The number of benzene rings is 1. The summed E-state index contributed by atoms with van der Waals surface area (Å²) in [6, 6.07) is 10.7. The fourth-order valence-corrected chi connectivity index (χ4v) is 8.35. The van der Waals surface area contributed by atoms with Gasteiger partial charge in [0.1, 0.15) is 5.78 Å². The van der Waals surface area contributed by atoms with Crippen molar-refractivity contribution in [3.8, 4) is 0 Å². The lowest BCUT2D eigenvalue weighted by molar-refractivity contribution is -0.131. The number of pyridine rings is 1. The van der Waals surface area contributed by atoms with E-state index >= 15 is 0 Å². The molecule has 2 saturated carbocycles. The zero-order chi connectivity index (χ0) is 21.4. The number of rotatable bonds is 1. The Morgan fingerprint density at radius 1 is 1.03 bits per heavy atom. The Labute approximate surface area is 198 Å². The van der Waals surface area contributed by atoms with Crippen molar-refractivity contribution < 1.29 is 4.79 Å². The summed E-state index contributed by atoms with van der Waals surface area (Å²) in [5, 5.41) is 1.24. The van der Waals surface area contributed by atoms with E-state index in [1.165, 1.54) is 32.9 Å². The summed E-state index contributed by atoms with van der Waals surface area (Å²) in [5.74, 6) is 2.55. The van der Waals surface area contributed by atoms with Gasteiger partial charge < -0.3 is 0 Å². The fraction of sp³-hybridized carbons (Fsp3) is 0.500. The van der Waals surface area contributed by atoms with E-state index in [2.05, 4.69) is 78.9 Å².